The molecule has 0 aliphatic carbocycles. The largest absolute Gasteiger partial charge is 0.480 e. The van der Waals surface area contributed by atoms with Crippen LogP contribution in [0.3, 0.4) is 0 Å². The Balaban J connectivity index is 2.86. The molecular formula is C12H14N2O6. The Kier molecular flexibility index (Phi) is 5.15. The molecule has 1 aromatic rings. The molecule has 8 heteroatoms. The lowest BCUT2D eigenvalue weighted by Crippen LogP contribution is -2.44. The van der Waals surface area contributed by atoms with Crippen LogP contribution < -0.4 is 5.32 Å². The Morgan fingerprint density at radius 1 is 1.45 bits per heavy atom. The van der Waals surface area contributed by atoms with Gasteiger partial charge in [0.15, 0.2) is 0 Å². The molecule has 0 saturated carbocycles. The average Bonchev–Trinajstić information content (AvgIpc) is 2.43. The zero-order valence-electron chi connectivity index (χ0n) is 10.6. The Morgan fingerprint density at radius 2 is 2.10 bits per heavy atom. The molecule has 8 nitrogen and oxygen atoms in total. The molecule has 1 amide bonds. The van der Waals surface area contributed by atoms with Crippen LogP contribution in [0.15, 0.2) is 24.3 Å². The van der Waals surface area contributed by atoms with Crippen LogP contribution in [0.4, 0.5) is 5.69 Å². The van der Waals surface area contributed by atoms with Crippen LogP contribution in [0.25, 0.3) is 0 Å². The van der Waals surface area contributed by atoms with Crippen LogP contribution in [0.5, 0.6) is 0 Å². The number of nitro groups is 1. The predicted molar refractivity (Wildman–Crippen MR) is 68.2 cm³/mol. The predicted octanol–water partition coefficient (Wildman–Crippen LogP) is 0.260. The summed E-state index contributed by atoms with van der Waals surface area (Å²) < 4.78 is 0. The van der Waals surface area contributed by atoms with Crippen molar-refractivity contribution in [3.63, 3.8) is 0 Å². The number of carboxylic acids is 1. The first-order valence-corrected chi connectivity index (χ1v) is 5.75. The van der Waals surface area contributed by atoms with Crippen molar-refractivity contribution in [3.05, 3.63) is 39.9 Å². The van der Waals surface area contributed by atoms with Crippen LogP contribution in [-0.2, 0) is 9.59 Å². The number of carbonyl (C=O) groups excluding carboxylic acids is 1. The second-order valence-electron chi connectivity index (χ2n) is 4.16. The Morgan fingerprint density at radius 3 is 2.60 bits per heavy atom. The van der Waals surface area contributed by atoms with E-state index in [-0.39, 0.29) is 5.69 Å². The molecular weight excluding hydrogens is 268 g/mol. The van der Waals surface area contributed by atoms with Gasteiger partial charge in [-0.25, -0.2) is 4.79 Å². The zero-order chi connectivity index (χ0) is 15.3. The lowest BCUT2D eigenvalue weighted by atomic mass is 9.99. The molecule has 0 radical (unpaired) electrons. The van der Waals surface area contributed by atoms with Crippen molar-refractivity contribution < 1.29 is 24.7 Å². The van der Waals surface area contributed by atoms with Gasteiger partial charge in [-0.1, -0.05) is 12.1 Å². The number of hydrogen-bond acceptors (Lipinski definition) is 5. The highest BCUT2D eigenvalue weighted by Gasteiger charge is 2.23. The van der Waals surface area contributed by atoms with E-state index in [1.807, 2.05) is 0 Å². The summed E-state index contributed by atoms with van der Waals surface area (Å²) >= 11 is 0. The molecule has 108 valence electrons. The standard InChI is InChI=1S/C12H14N2O6/c1-7(11(16)13-10(6-15)12(17)18)8-3-2-4-9(5-8)14(19)20/h2-5,7,10,15H,6H2,1H3,(H,13,16)(H,17,18)/t7?,10-/m0/s1. The third-order valence-corrected chi connectivity index (χ3v) is 2.77. The van der Waals surface area contributed by atoms with Crippen LogP contribution in [-0.4, -0.2) is 39.7 Å². The number of nitrogens with zero attached hydrogens (tertiary/aromatic N) is 1. The minimum Gasteiger partial charge on any atom is -0.480 e. The molecule has 0 bridgehead atoms. The van der Waals surface area contributed by atoms with Crippen molar-refractivity contribution in [3.8, 4) is 0 Å². The average molecular weight is 282 g/mol. The molecule has 0 aliphatic rings. The van der Waals surface area contributed by atoms with Gasteiger partial charge in [0, 0.05) is 12.1 Å². The number of aliphatic hydroxyl groups excluding tert-OH is 1. The first-order valence-electron chi connectivity index (χ1n) is 5.75. The van der Waals surface area contributed by atoms with Crippen LogP contribution in [0.2, 0.25) is 0 Å². The van der Waals surface area contributed by atoms with E-state index in [1.165, 1.54) is 31.2 Å². The van der Waals surface area contributed by atoms with Gasteiger partial charge >= 0.3 is 5.97 Å². The maximum absolute atomic E-state index is 11.8. The van der Waals surface area contributed by atoms with Gasteiger partial charge in [-0.2, -0.15) is 0 Å². The summed E-state index contributed by atoms with van der Waals surface area (Å²) in [5.41, 5.74) is 0.234. The minimum absolute atomic E-state index is 0.154. The van der Waals surface area contributed by atoms with E-state index in [0.29, 0.717) is 5.56 Å². The highest BCUT2D eigenvalue weighted by Crippen LogP contribution is 2.20. The number of aliphatic hydroxyl groups is 1. The summed E-state index contributed by atoms with van der Waals surface area (Å²) in [7, 11) is 0. The normalized spacial score (nSPS) is 13.3. The first kappa shape index (κ1) is 15.6. The summed E-state index contributed by atoms with van der Waals surface area (Å²) in [5, 5.41) is 30.4. The highest BCUT2D eigenvalue weighted by atomic mass is 16.6. The van der Waals surface area contributed by atoms with Crippen molar-refractivity contribution in [2.75, 3.05) is 6.61 Å². The molecule has 0 spiro atoms. The lowest BCUT2D eigenvalue weighted by Gasteiger charge is -2.16. The number of carbonyl (C=O) groups is 2. The summed E-state index contributed by atoms with van der Waals surface area (Å²) in [4.78, 5) is 32.6. The third-order valence-electron chi connectivity index (χ3n) is 2.77. The molecule has 0 saturated heterocycles. The monoisotopic (exact) mass is 282 g/mol. The molecule has 0 fully saturated rings. The zero-order valence-corrected chi connectivity index (χ0v) is 10.6. The highest BCUT2D eigenvalue weighted by molar-refractivity contribution is 5.88. The summed E-state index contributed by atoms with van der Waals surface area (Å²) in [6, 6.07) is 4.12. The lowest BCUT2D eigenvalue weighted by molar-refractivity contribution is -0.384. The molecule has 2 atom stereocenters. The van der Waals surface area contributed by atoms with Gasteiger partial charge in [-0.3, -0.25) is 14.9 Å². The van der Waals surface area contributed by atoms with Crippen molar-refractivity contribution in [1.82, 2.24) is 5.32 Å². The van der Waals surface area contributed by atoms with E-state index in [4.69, 9.17) is 10.2 Å². The third kappa shape index (κ3) is 3.75. The second kappa shape index (κ2) is 6.62. The fourth-order valence-electron chi connectivity index (χ4n) is 1.54. The van der Waals surface area contributed by atoms with E-state index < -0.39 is 35.4 Å². The van der Waals surface area contributed by atoms with Crippen molar-refractivity contribution in [1.29, 1.82) is 0 Å². The number of benzene rings is 1. The van der Waals surface area contributed by atoms with E-state index >= 15 is 0 Å². The molecule has 1 unspecified atom stereocenters. The van der Waals surface area contributed by atoms with E-state index in [1.54, 1.807) is 0 Å². The number of nitrogens with one attached hydrogen (secondary N) is 1. The first-order chi connectivity index (χ1) is 9.36. The topological polar surface area (TPSA) is 130 Å². The van der Waals surface area contributed by atoms with Gasteiger partial charge in [0.2, 0.25) is 5.91 Å². The fourth-order valence-corrected chi connectivity index (χ4v) is 1.54. The van der Waals surface area contributed by atoms with Crippen molar-refractivity contribution in [2.45, 2.75) is 18.9 Å². The van der Waals surface area contributed by atoms with Gasteiger partial charge in [0.05, 0.1) is 17.4 Å². The Bertz CT molecular complexity index is 530. The van der Waals surface area contributed by atoms with Gasteiger partial charge in [0.1, 0.15) is 6.04 Å². The van der Waals surface area contributed by atoms with Crippen molar-refractivity contribution in [2.24, 2.45) is 0 Å². The molecule has 1 aromatic carbocycles. The van der Waals surface area contributed by atoms with Gasteiger partial charge in [-0.15, -0.1) is 0 Å². The molecule has 0 heterocycles. The second-order valence-corrected chi connectivity index (χ2v) is 4.16. The number of rotatable bonds is 6. The maximum atomic E-state index is 11.8. The Hall–Kier alpha value is -2.48. The number of hydrogen-bond donors (Lipinski definition) is 3. The molecule has 0 aliphatic heterocycles. The molecule has 3 N–H and O–H groups in total. The van der Waals surface area contributed by atoms with E-state index in [0.717, 1.165) is 0 Å². The number of aliphatic carboxylic acids is 1. The number of nitro benzene ring substituents is 1. The van der Waals surface area contributed by atoms with E-state index in [2.05, 4.69) is 5.32 Å². The van der Waals surface area contributed by atoms with Crippen LogP contribution in [0.1, 0.15) is 18.4 Å². The molecule has 0 aromatic heterocycles. The fraction of sp³-hybridized carbons (Fsp3) is 0.333. The van der Waals surface area contributed by atoms with Crippen molar-refractivity contribution >= 4 is 17.6 Å². The number of non-ortho nitro benzene ring substituents is 1. The number of amides is 1. The summed E-state index contributed by atoms with van der Waals surface area (Å²) in [6.07, 6.45) is 0. The molecule has 1 rings (SSSR count). The smallest absolute Gasteiger partial charge is 0.328 e. The maximum Gasteiger partial charge on any atom is 0.328 e. The number of carboxylic acid groups (broad SMARTS) is 1. The quantitative estimate of drug-likeness (QED) is 0.507. The Labute approximate surface area is 114 Å². The van der Waals surface area contributed by atoms with Gasteiger partial charge in [-0.05, 0) is 12.5 Å². The minimum atomic E-state index is -1.40. The van der Waals surface area contributed by atoms with Crippen LogP contribution >= 0.6 is 0 Å². The van der Waals surface area contributed by atoms with Crippen LogP contribution in [0, 0.1) is 10.1 Å². The molecule has 20 heavy (non-hydrogen) atoms. The van der Waals surface area contributed by atoms with Gasteiger partial charge in [0.25, 0.3) is 5.69 Å². The van der Waals surface area contributed by atoms with Gasteiger partial charge < -0.3 is 15.5 Å². The SMILES string of the molecule is CC(C(=O)N[C@@H](CO)C(=O)O)c1cccc([N+](=O)[O-])c1. The van der Waals surface area contributed by atoms with E-state index in [9.17, 15) is 19.7 Å². The summed E-state index contributed by atoms with van der Waals surface area (Å²) in [5.74, 6) is -2.76. The summed E-state index contributed by atoms with van der Waals surface area (Å²) in [6.45, 7) is 0.757.